The van der Waals surface area contributed by atoms with Gasteiger partial charge in [0, 0.05) is 6.42 Å². The van der Waals surface area contributed by atoms with Gasteiger partial charge in [0.05, 0.1) is 6.61 Å². The van der Waals surface area contributed by atoms with Crippen LogP contribution in [-0.4, -0.2) is 30.3 Å². The maximum atomic E-state index is 10.6. The molecule has 0 fully saturated rings. The van der Waals surface area contributed by atoms with Crippen LogP contribution >= 0.6 is 0 Å². The molecule has 1 atom stereocenters. The summed E-state index contributed by atoms with van der Waals surface area (Å²) in [5.74, 6) is 0.174. The van der Waals surface area contributed by atoms with E-state index in [4.69, 9.17) is 9.84 Å². The number of hydrogen-bond donors (Lipinski definition) is 2. The number of rotatable bonds is 5. The van der Waals surface area contributed by atoms with Gasteiger partial charge in [-0.05, 0) is 37.1 Å². The van der Waals surface area contributed by atoms with E-state index in [9.17, 15) is 4.79 Å². The summed E-state index contributed by atoms with van der Waals surface area (Å²) >= 11 is 0. The Hall–Kier alpha value is -1.55. The standard InChI is InChI=1S/C13H17NO3/c1-9(13(15)16)14-6-4-10-2-3-12-11(8-10)5-7-17-12/h2-3,8-9,14H,4-7H2,1H3,(H,15,16)/t9-/m1/s1. The van der Waals surface area contributed by atoms with Gasteiger partial charge in [-0.25, -0.2) is 0 Å². The molecule has 4 nitrogen and oxygen atoms in total. The molecule has 1 aromatic carbocycles. The molecule has 0 unspecified atom stereocenters. The normalized spacial score (nSPS) is 15.1. The Balaban J connectivity index is 1.85. The van der Waals surface area contributed by atoms with Gasteiger partial charge in [-0.3, -0.25) is 4.79 Å². The number of aliphatic carboxylic acids is 1. The Kier molecular flexibility index (Phi) is 3.64. The van der Waals surface area contributed by atoms with Crippen molar-refractivity contribution < 1.29 is 14.6 Å². The van der Waals surface area contributed by atoms with Crippen LogP contribution in [0.2, 0.25) is 0 Å². The molecule has 0 aromatic heterocycles. The molecule has 1 aliphatic rings. The number of fused-ring (bicyclic) bond motifs is 1. The molecule has 1 aliphatic heterocycles. The van der Waals surface area contributed by atoms with E-state index in [0.717, 1.165) is 25.2 Å². The van der Waals surface area contributed by atoms with Crippen molar-refractivity contribution >= 4 is 5.97 Å². The fourth-order valence-electron chi connectivity index (χ4n) is 1.92. The Morgan fingerprint density at radius 3 is 3.18 bits per heavy atom. The molecule has 0 saturated heterocycles. The van der Waals surface area contributed by atoms with Crippen molar-refractivity contribution in [1.29, 1.82) is 0 Å². The smallest absolute Gasteiger partial charge is 0.320 e. The molecule has 92 valence electrons. The molecule has 4 heteroatoms. The van der Waals surface area contributed by atoms with Gasteiger partial charge in [-0.2, -0.15) is 0 Å². The van der Waals surface area contributed by atoms with E-state index in [1.54, 1.807) is 6.92 Å². The van der Waals surface area contributed by atoms with Crippen LogP contribution < -0.4 is 10.1 Å². The first-order valence-corrected chi connectivity index (χ1v) is 5.87. The fraction of sp³-hybridized carbons (Fsp3) is 0.462. The molecule has 0 radical (unpaired) electrons. The van der Waals surface area contributed by atoms with Crippen molar-refractivity contribution in [3.63, 3.8) is 0 Å². The minimum absolute atomic E-state index is 0.493. The highest BCUT2D eigenvalue weighted by Gasteiger charge is 2.12. The third-order valence-corrected chi connectivity index (χ3v) is 2.99. The molecular weight excluding hydrogens is 218 g/mol. The summed E-state index contributed by atoms with van der Waals surface area (Å²) in [6.07, 6.45) is 1.81. The first kappa shape index (κ1) is 11.9. The Morgan fingerprint density at radius 2 is 2.41 bits per heavy atom. The summed E-state index contributed by atoms with van der Waals surface area (Å²) in [4.78, 5) is 10.6. The van der Waals surface area contributed by atoms with Gasteiger partial charge in [0.25, 0.3) is 0 Å². The van der Waals surface area contributed by atoms with Crippen LogP contribution in [-0.2, 0) is 17.6 Å². The van der Waals surface area contributed by atoms with Gasteiger partial charge in [-0.15, -0.1) is 0 Å². The van der Waals surface area contributed by atoms with E-state index in [1.165, 1.54) is 11.1 Å². The number of carbonyl (C=O) groups is 1. The number of hydrogen-bond acceptors (Lipinski definition) is 3. The average molecular weight is 235 g/mol. The zero-order valence-corrected chi connectivity index (χ0v) is 9.90. The van der Waals surface area contributed by atoms with Crippen molar-refractivity contribution in [2.45, 2.75) is 25.8 Å². The molecule has 17 heavy (non-hydrogen) atoms. The monoisotopic (exact) mass is 235 g/mol. The predicted octanol–water partition coefficient (Wildman–Crippen LogP) is 1.23. The first-order chi connectivity index (χ1) is 8.16. The van der Waals surface area contributed by atoms with E-state index >= 15 is 0 Å². The molecule has 1 heterocycles. The van der Waals surface area contributed by atoms with Crippen LogP contribution in [0.3, 0.4) is 0 Å². The van der Waals surface area contributed by atoms with Crippen molar-refractivity contribution in [3.05, 3.63) is 29.3 Å². The zero-order chi connectivity index (χ0) is 12.3. The van der Waals surface area contributed by atoms with E-state index < -0.39 is 12.0 Å². The summed E-state index contributed by atoms with van der Waals surface area (Å²) in [6, 6.07) is 5.69. The van der Waals surface area contributed by atoms with Crippen molar-refractivity contribution in [3.8, 4) is 5.75 Å². The second-order valence-electron chi connectivity index (χ2n) is 4.30. The maximum Gasteiger partial charge on any atom is 0.320 e. The molecular formula is C13H17NO3. The lowest BCUT2D eigenvalue weighted by Gasteiger charge is -2.09. The molecule has 0 amide bonds. The highest BCUT2D eigenvalue weighted by Crippen LogP contribution is 2.25. The molecule has 0 saturated carbocycles. The van der Waals surface area contributed by atoms with Crippen LogP contribution in [0.15, 0.2) is 18.2 Å². The van der Waals surface area contributed by atoms with Gasteiger partial charge in [-0.1, -0.05) is 12.1 Å². The first-order valence-electron chi connectivity index (χ1n) is 5.87. The van der Waals surface area contributed by atoms with Crippen LogP contribution in [0.1, 0.15) is 18.1 Å². The number of nitrogens with one attached hydrogen (secondary N) is 1. The SMILES string of the molecule is C[C@@H](NCCc1ccc2c(c1)CCO2)C(=O)O. The topological polar surface area (TPSA) is 58.6 Å². The molecule has 2 rings (SSSR count). The van der Waals surface area contributed by atoms with E-state index in [0.29, 0.717) is 6.54 Å². The van der Waals surface area contributed by atoms with Gasteiger partial charge < -0.3 is 15.2 Å². The van der Waals surface area contributed by atoms with E-state index in [1.807, 2.05) is 12.1 Å². The van der Waals surface area contributed by atoms with E-state index in [2.05, 4.69) is 11.4 Å². The average Bonchev–Trinajstić information content (AvgIpc) is 2.75. The lowest BCUT2D eigenvalue weighted by atomic mass is 10.1. The minimum Gasteiger partial charge on any atom is -0.493 e. The summed E-state index contributed by atoms with van der Waals surface area (Å²) in [5.41, 5.74) is 2.48. The zero-order valence-electron chi connectivity index (χ0n) is 9.90. The molecule has 0 spiro atoms. The summed E-state index contributed by atoms with van der Waals surface area (Å²) in [7, 11) is 0. The Morgan fingerprint density at radius 1 is 1.59 bits per heavy atom. The third kappa shape index (κ3) is 2.97. The van der Waals surface area contributed by atoms with Gasteiger partial charge in [0.15, 0.2) is 0 Å². The second-order valence-corrected chi connectivity index (χ2v) is 4.30. The second kappa shape index (κ2) is 5.19. The largest absolute Gasteiger partial charge is 0.493 e. The lowest BCUT2D eigenvalue weighted by Crippen LogP contribution is -2.34. The Bertz CT molecular complexity index is 417. The number of ether oxygens (including phenoxy) is 1. The highest BCUT2D eigenvalue weighted by molar-refractivity contribution is 5.72. The maximum absolute atomic E-state index is 10.6. The number of carboxylic acid groups (broad SMARTS) is 1. The fourth-order valence-corrected chi connectivity index (χ4v) is 1.92. The summed E-state index contributed by atoms with van der Waals surface area (Å²) < 4.78 is 5.43. The van der Waals surface area contributed by atoms with Crippen molar-refractivity contribution in [1.82, 2.24) is 5.32 Å². The van der Waals surface area contributed by atoms with Crippen molar-refractivity contribution in [2.24, 2.45) is 0 Å². The minimum atomic E-state index is -0.813. The highest BCUT2D eigenvalue weighted by atomic mass is 16.5. The summed E-state index contributed by atoms with van der Waals surface area (Å²) in [6.45, 7) is 3.10. The van der Waals surface area contributed by atoms with Gasteiger partial charge >= 0.3 is 5.97 Å². The molecule has 0 aliphatic carbocycles. The summed E-state index contributed by atoms with van der Waals surface area (Å²) in [5, 5.41) is 11.7. The van der Waals surface area contributed by atoms with E-state index in [-0.39, 0.29) is 0 Å². The number of benzene rings is 1. The van der Waals surface area contributed by atoms with Crippen LogP contribution in [0.25, 0.3) is 0 Å². The van der Waals surface area contributed by atoms with Crippen LogP contribution in [0.5, 0.6) is 5.75 Å². The van der Waals surface area contributed by atoms with Gasteiger partial charge in [0.2, 0.25) is 0 Å². The Labute approximate surface area is 101 Å². The molecule has 2 N–H and O–H groups in total. The van der Waals surface area contributed by atoms with Crippen molar-refractivity contribution in [2.75, 3.05) is 13.2 Å². The predicted molar refractivity (Wildman–Crippen MR) is 64.4 cm³/mol. The van der Waals surface area contributed by atoms with Crippen LogP contribution in [0, 0.1) is 0 Å². The molecule has 1 aromatic rings. The lowest BCUT2D eigenvalue weighted by molar-refractivity contribution is -0.138. The number of carboxylic acids is 1. The van der Waals surface area contributed by atoms with Gasteiger partial charge in [0.1, 0.15) is 11.8 Å². The third-order valence-electron chi connectivity index (χ3n) is 2.99. The quantitative estimate of drug-likeness (QED) is 0.806. The molecule has 0 bridgehead atoms. The van der Waals surface area contributed by atoms with Crippen LogP contribution in [0.4, 0.5) is 0 Å².